The van der Waals surface area contributed by atoms with Crippen molar-refractivity contribution in [3.8, 4) is 17.3 Å². The minimum absolute atomic E-state index is 0.131. The summed E-state index contributed by atoms with van der Waals surface area (Å²) in [5, 5.41) is 1.26. The van der Waals surface area contributed by atoms with Crippen molar-refractivity contribution >= 4 is 33.5 Å². The SMILES string of the molecule is COc1cc(C(=O)N2CC34CC(CC23)C4)cc2nc(-c3cc4cc(N(C)CCC5CC5)ccc4n3CC3CC3)n(C)c12. The van der Waals surface area contributed by atoms with Crippen molar-refractivity contribution in [3.05, 3.63) is 42.0 Å². The standard InChI is InChI=1S/C35H41N5O2/c1-37(11-10-21-4-5-21)26-8-9-28-24(13-26)15-29(39(28)19-22-6-7-22)33-36-27-14-25(16-30(42-3)32(27)38(33)2)34(41)40-20-35-17-23(18-35)12-31(35)40/h8-9,13-16,21-23,31H,4-7,10-12,17-20H2,1-3H3. The van der Waals surface area contributed by atoms with Crippen LogP contribution in [0.15, 0.2) is 36.4 Å². The van der Waals surface area contributed by atoms with Gasteiger partial charge in [0.05, 0.1) is 18.3 Å². The molecule has 2 bridgehead atoms. The van der Waals surface area contributed by atoms with Crippen LogP contribution in [0.3, 0.4) is 0 Å². The van der Waals surface area contributed by atoms with E-state index in [4.69, 9.17) is 9.72 Å². The summed E-state index contributed by atoms with van der Waals surface area (Å²) in [6, 6.07) is 13.6. The van der Waals surface area contributed by atoms with Crippen LogP contribution in [0.1, 0.15) is 61.7 Å². The van der Waals surface area contributed by atoms with Gasteiger partial charge in [-0.15, -0.1) is 0 Å². The van der Waals surface area contributed by atoms with E-state index < -0.39 is 0 Å². The van der Waals surface area contributed by atoms with Crippen molar-refractivity contribution in [2.75, 3.05) is 32.1 Å². The van der Waals surface area contributed by atoms with Gasteiger partial charge in [0, 0.05) is 67.3 Å². The molecule has 7 nitrogen and oxygen atoms in total. The molecule has 0 radical (unpaired) electrons. The number of imidazole rings is 1. The molecule has 7 heteroatoms. The lowest BCUT2D eigenvalue weighted by molar-refractivity contribution is -0.0552. The van der Waals surface area contributed by atoms with Gasteiger partial charge < -0.3 is 23.7 Å². The Morgan fingerprint density at radius 2 is 1.90 bits per heavy atom. The average molecular weight is 564 g/mol. The molecule has 5 aliphatic carbocycles. The van der Waals surface area contributed by atoms with Gasteiger partial charge in [-0.2, -0.15) is 0 Å². The molecule has 2 aromatic carbocycles. The summed E-state index contributed by atoms with van der Waals surface area (Å²) in [6.45, 7) is 3.04. The summed E-state index contributed by atoms with van der Waals surface area (Å²) in [7, 11) is 6.00. The van der Waals surface area contributed by atoms with E-state index in [0.29, 0.717) is 22.8 Å². The Morgan fingerprint density at radius 1 is 1.10 bits per heavy atom. The summed E-state index contributed by atoms with van der Waals surface area (Å²) >= 11 is 0. The number of carbonyl (C=O) groups excluding carboxylic acids is 1. The van der Waals surface area contributed by atoms with Crippen molar-refractivity contribution in [2.24, 2.45) is 30.2 Å². The van der Waals surface area contributed by atoms with Crippen LogP contribution in [0, 0.1) is 23.2 Å². The van der Waals surface area contributed by atoms with E-state index in [1.807, 2.05) is 12.1 Å². The minimum atomic E-state index is 0.131. The fraction of sp³-hybridized carbons (Fsp3) is 0.543. The number of anilines is 1. The smallest absolute Gasteiger partial charge is 0.254 e. The Kier molecular flexibility index (Phi) is 5.23. The lowest BCUT2D eigenvalue weighted by Crippen LogP contribution is -2.64. The number of likely N-dealkylation sites (tertiary alicyclic amines) is 1. The molecule has 1 spiro atoms. The number of nitrogens with zero attached hydrogens (tertiary/aromatic N) is 5. The average Bonchev–Trinajstić information content (AvgIpc) is 3.87. The number of aromatic nitrogens is 3. The van der Waals surface area contributed by atoms with Gasteiger partial charge in [-0.3, -0.25) is 4.79 Å². The molecule has 1 atom stereocenters. The highest BCUT2D eigenvalue weighted by Crippen LogP contribution is 2.66. The highest BCUT2D eigenvalue weighted by molar-refractivity contribution is 6.01. The van der Waals surface area contributed by atoms with Crippen LogP contribution in [0.2, 0.25) is 0 Å². The van der Waals surface area contributed by atoms with Crippen molar-refractivity contribution in [1.82, 2.24) is 19.0 Å². The van der Waals surface area contributed by atoms with Gasteiger partial charge >= 0.3 is 0 Å². The molecule has 42 heavy (non-hydrogen) atoms. The number of benzene rings is 2. The molecule has 3 heterocycles. The molecule has 2 aromatic heterocycles. The third kappa shape index (κ3) is 3.70. The van der Waals surface area contributed by atoms with Crippen LogP contribution < -0.4 is 9.64 Å². The molecule has 218 valence electrons. The molecule has 1 aliphatic heterocycles. The highest BCUT2D eigenvalue weighted by Gasteiger charge is 2.67. The van der Waals surface area contributed by atoms with E-state index in [1.54, 1.807) is 7.11 Å². The maximum Gasteiger partial charge on any atom is 0.254 e. The van der Waals surface area contributed by atoms with Gasteiger partial charge in [-0.05, 0) is 92.7 Å². The van der Waals surface area contributed by atoms with E-state index in [1.165, 1.54) is 68.0 Å². The first kappa shape index (κ1) is 25.1. The zero-order valence-electron chi connectivity index (χ0n) is 25.1. The predicted molar refractivity (Wildman–Crippen MR) is 166 cm³/mol. The lowest BCUT2D eigenvalue weighted by Gasteiger charge is -2.56. The maximum absolute atomic E-state index is 13.7. The van der Waals surface area contributed by atoms with Gasteiger partial charge in [0.2, 0.25) is 0 Å². The number of ether oxygens (including phenoxy) is 1. The zero-order valence-corrected chi connectivity index (χ0v) is 25.1. The zero-order chi connectivity index (χ0) is 28.3. The maximum atomic E-state index is 13.7. The van der Waals surface area contributed by atoms with E-state index >= 15 is 0 Å². The Morgan fingerprint density at radius 3 is 2.64 bits per heavy atom. The third-order valence-corrected chi connectivity index (χ3v) is 11.4. The summed E-state index contributed by atoms with van der Waals surface area (Å²) in [4.78, 5) is 23.4. The third-order valence-electron chi connectivity index (χ3n) is 11.4. The quantitative estimate of drug-likeness (QED) is 0.234. The fourth-order valence-electron chi connectivity index (χ4n) is 8.67. The molecule has 1 saturated heterocycles. The second-order valence-corrected chi connectivity index (χ2v) is 14.3. The number of carbonyl (C=O) groups is 1. The first-order valence-corrected chi connectivity index (χ1v) is 16.1. The summed E-state index contributed by atoms with van der Waals surface area (Å²) in [6.07, 6.45) is 10.5. The Bertz CT molecular complexity index is 1750. The van der Waals surface area contributed by atoms with Crippen LogP contribution in [-0.2, 0) is 13.6 Å². The fourth-order valence-corrected chi connectivity index (χ4v) is 8.67. The second-order valence-electron chi connectivity index (χ2n) is 14.3. The largest absolute Gasteiger partial charge is 0.494 e. The van der Waals surface area contributed by atoms with Crippen LogP contribution in [0.4, 0.5) is 5.69 Å². The Balaban J connectivity index is 1.10. The van der Waals surface area contributed by atoms with Crippen molar-refractivity contribution in [1.29, 1.82) is 0 Å². The molecule has 10 rings (SSSR count). The van der Waals surface area contributed by atoms with Crippen molar-refractivity contribution in [3.63, 3.8) is 0 Å². The van der Waals surface area contributed by atoms with E-state index in [9.17, 15) is 4.79 Å². The number of hydrogen-bond acceptors (Lipinski definition) is 4. The molecular formula is C35H41N5O2. The normalized spacial score (nSPS) is 25.9. The molecule has 6 aliphatic rings. The van der Waals surface area contributed by atoms with Crippen LogP contribution in [0.5, 0.6) is 5.75 Å². The van der Waals surface area contributed by atoms with Gasteiger partial charge in [0.1, 0.15) is 11.3 Å². The number of hydrogen-bond donors (Lipinski definition) is 0. The number of methoxy groups -OCH3 is 1. The highest BCUT2D eigenvalue weighted by atomic mass is 16.5. The minimum Gasteiger partial charge on any atom is -0.494 e. The summed E-state index contributed by atoms with van der Waals surface area (Å²) < 4.78 is 10.5. The monoisotopic (exact) mass is 563 g/mol. The van der Waals surface area contributed by atoms with Gasteiger partial charge in [-0.1, -0.05) is 12.8 Å². The first-order valence-electron chi connectivity index (χ1n) is 16.1. The first-order chi connectivity index (χ1) is 20.4. The van der Waals surface area contributed by atoms with Crippen LogP contribution in [-0.4, -0.2) is 58.2 Å². The molecule has 4 aromatic rings. The summed E-state index contributed by atoms with van der Waals surface area (Å²) in [5.41, 5.74) is 6.58. The Hall–Kier alpha value is -3.48. The topological polar surface area (TPSA) is 55.5 Å². The second kappa shape index (κ2) is 8.77. The lowest BCUT2D eigenvalue weighted by atomic mass is 9.63. The van der Waals surface area contributed by atoms with Gasteiger partial charge in [-0.25, -0.2) is 4.98 Å². The van der Waals surface area contributed by atoms with Crippen molar-refractivity contribution in [2.45, 2.75) is 64.0 Å². The molecular weight excluding hydrogens is 522 g/mol. The molecule has 1 unspecified atom stereocenters. The predicted octanol–water partition coefficient (Wildman–Crippen LogP) is 6.47. The Labute approximate surface area is 247 Å². The number of aryl methyl sites for hydroxylation is 1. The molecule has 5 saturated carbocycles. The molecule has 0 N–H and O–H groups in total. The number of fused-ring (bicyclic) bond motifs is 2. The van der Waals surface area contributed by atoms with E-state index in [0.717, 1.165) is 59.9 Å². The number of rotatable bonds is 9. The molecule has 1 amide bonds. The van der Waals surface area contributed by atoms with Crippen LogP contribution >= 0.6 is 0 Å². The molecule has 6 fully saturated rings. The summed E-state index contributed by atoms with van der Waals surface area (Å²) in [5.74, 6) is 4.27. The van der Waals surface area contributed by atoms with Crippen molar-refractivity contribution < 1.29 is 9.53 Å². The van der Waals surface area contributed by atoms with Gasteiger partial charge in [0.15, 0.2) is 5.82 Å². The number of amides is 1. The van der Waals surface area contributed by atoms with E-state index in [-0.39, 0.29) is 5.91 Å². The van der Waals surface area contributed by atoms with Crippen LogP contribution in [0.25, 0.3) is 33.5 Å². The van der Waals surface area contributed by atoms with Gasteiger partial charge in [0.25, 0.3) is 5.91 Å². The van der Waals surface area contributed by atoms with E-state index in [2.05, 4.69) is 57.3 Å².